The van der Waals surface area contributed by atoms with Gasteiger partial charge < -0.3 is 19.5 Å². The zero-order valence-electron chi connectivity index (χ0n) is 34.5. The van der Waals surface area contributed by atoms with Crippen molar-refractivity contribution < 1.29 is 33.7 Å². The molecule has 0 radical (unpaired) electrons. The highest BCUT2D eigenvalue weighted by atomic mass is 19.1. The van der Waals surface area contributed by atoms with Gasteiger partial charge in [-0.05, 0) is 128 Å². The molecule has 55 heavy (non-hydrogen) atoms. The molecule has 0 unspecified atom stereocenters. The van der Waals surface area contributed by atoms with Crippen LogP contribution in [0.15, 0.2) is 29.5 Å². The van der Waals surface area contributed by atoms with E-state index < -0.39 is 34.7 Å². The maximum atomic E-state index is 14.2. The van der Waals surface area contributed by atoms with Crippen molar-refractivity contribution in [2.75, 3.05) is 0 Å². The van der Waals surface area contributed by atoms with Crippen molar-refractivity contribution in [1.29, 1.82) is 0 Å². The smallest absolute Gasteiger partial charge is 0.309 e. The molecule has 5 aliphatic rings. The van der Waals surface area contributed by atoms with Gasteiger partial charge in [0.25, 0.3) is 0 Å². The first-order valence-corrected chi connectivity index (χ1v) is 20.4. The summed E-state index contributed by atoms with van der Waals surface area (Å²) in [5.41, 5.74) is 0.0704. The number of halogens is 1. The van der Waals surface area contributed by atoms with E-state index in [1.54, 1.807) is 31.5 Å². The predicted molar refractivity (Wildman–Crippen MR) is 204 cm³/mol. The third-order valence-electron chi connectivity index (χ3n) is 16.5. The number of fused-ring (bicyclic) bond motifs is 7. The van der Waals surface area contributed by atoms with Crippen LogP contribution in [-0.4, -0.2) is 53.8 Å². The molecule has 0 bridgehead atoms. The number of hydrogen-bond acceptors (Lipinski definition) is 8. The normalized spacial score (nSPS) is 36.1. The quantitative estimate of drug-likeness (QED) is 0.253. The summed E-state index contributed by atoms with van der Waals surface area (Å²) in [6.45, 7) is 19.3. The number of rotatable bonds is 8. The lowest BCUT2D eigenvalue weighted by Crippen LogP contribution is -2.66. The molecule has 11 heteroatoms. The molecule has 4 saturated carbocycles. The zero-order valence-corrected chi connectivity index (χ0v) is 34.5. The summed E-state index contributed by atoms with van der Waals surface area (Å²) in [7, 11) is 1.80. The van der Waals surface area contributed by atoms with E-state index in [1.807, 2.05) is 0 Å². The Balaban J connectivity index is 1.21. The highest BCUT2D eigenvalue weighted by molar-refractivity contribution is 6.00. The largest absolute Gasteiger partial charge is 0.481 e. The van der Waals surface area contributed by atoms with Gasteiger partial charge in [0.1, 0.15) is 23.7 Å². The van der Waals surface area contributed by atoms with Crippen LogP contribution >= 0.6 is 0 Å². The molecule has 2 aromatic heterocycles. The van der Waals surface area contributed by atoms with Gasteiger partial charge in [-0.3, -0.25) is 14.4 Å². The van der Waals surface area contributed by atoms with E-state index in [9.17, 15) is 29.0 Å². The molecule has 2 N–H and O–H groups in total. The Labute approximate surface area is 325 Å². The summed E-state index contributed by atoms with van der Waals surface area (Å²) < 4.78 is 21.6. The molecule has 0 aliphatic heterocycles. The van der Waals surface area contributed by atoms with Crippen molar-refractivity contribution in [3.05, 3.63) is 41.1 Å². The molecule has 2 aromatic rings. The van der Waals surface area contributed by atoms with Gasteiger partial charge in [0.2, 0.25) is 0 Å². The Hall–Kier alpha value is -3.47. The average molecular weight is 761 g/mol. The molecular weight excluding hydrogens is 700 g/mol. The second-order valence-corrected chi connectivity index (χ2v) is 20.3. The fourth-order valence-corrected chi connectivity index (χ4v) is 13.4. The molecule has 4 fully saturated rings. The molecule has 5 aliphatic carbocycles. The first-order chi connectivity index (χ1) is 25.5. The maximum Gasteiger partial charge on any atom is 0.309 e. The lowest BCUT2D eigenvalue weighted by atomic mass is 9.33. The molecule has 0 amide bonds. The highest BCUT2D eigenvalue weighted by Gasteiger charge is 2.71. The van der Waals surface area contributed by atoms with Crippen LogP contribution in [0.2, 0.25) is 0 Å². The molecule has 0 aromatic carbocycles. The van der Waals surface area contributed by atoms with Crippen molar-refractivity contribution >= 4 is 17.7 Å². The van der Waals surface area contributed by atoms with Gasteiger partial charge in [-0.25, -0.2) is 9.37 Å². The van der Waals surface area contributed by atoms with E-state index in [2.05, 4.69) is 63.6 Å². The van der Waals surface area contributed by atoms with Crippen molar-refractivity contribution in [2.24, 2.45) is 63.2 Å². The van der Waals surface area contributed by atoms with E-state index in [0.717, 1.165) is 62.3 Å². The third kappa shape index (κ3) is 5.70. The second-order valence-electron chi connectivity index (χ2n) is 20.3. The number of aliphatic hydroxyl groups is 1. The number of Topliss-reactive ketones (excluding diaryl/α,β-unsaturated/α-hetero) is 1. The fourth-order valence-electron chi connectivity index (χ4n) is 13.4. The summed E-state index contributed by atoms with van der Waals surface area (Å²) >= 11 is 0. The highest BCUT2D eigenvalue weighted by Crippen LogP contribution is 2.77. The van der Waals surface area contributed by atoms with Crippen LogP contribution < -0.4 is 0 Å². The summed E-state index contributed by atoms with van der Waals surface area (Å²) in [5.74, 6) is -0.0840. The van der Waals surface area contributed by atoms with Crippen LogP contribution in [0.1, 0.15) is 138 Å². The van der Waals surface area contributed by atoms with Gasteiger partial charge in [-0.2, -0.15) is 0 Å². The first kappa shape index (κ1) is 39.8. The monoisotopic (exact) mass is 760 g/mol. The predicted octanol–water partition coefficient (Wildman–Crippen LogP) is 8.44. The number of nitrogens with zero attached hydrogens (tertiary/aromatic N) is 4. The fraction of sp³-hybridized carbons (Fsp3) is 0.727. The molecule has 0 saturated heterocycles. The molecule has 10 nitrogen and oxygen atoms in total. The van der Waals surface area contributed by atoms with Gasteiger partial charge >= 0.3 is 11.9 Å². The van der Waals surface area contributed by atoms with Crippen molar-refractivity contribution in [2.45, 2.75) is 139 Å². The number of esters is 1. The number of aromatic nitrogens is 4. The number of carboxylic acid groups (broad SMARTS) is 1. The van der Waals surface area contributed by atoms with Gasteiger partial charge in [0, 0.05) is 24.3 Å². The van der Waals surface area contributed by atoms with E-state index >= 15 is 0 Å². The Morgan fingerprint density at radius 2 is 1.69 bits per heavy atom. The second kappa shape index (κ2) is 13.0. The number of carbonyl (C=O) groups excluding carboxylic acids is 2. The number of allylic oxidation sites excluding steroid dienone is 1. The number of ether oxygens (including phenoxy) is 1. The number of aliphatic hydroxyl groups excluding tert-OH is 1. The number of pyridine rings is 1. The van der Waals surface area contributed by atoms with E-state index in [-0.39, 0.29) is 58.2 Å². The molecular formula is C44H61FN4O6. The SMILES string of the molecule is CC(C)C1=C2[C@H]3CC[C@@H]4[C@@]5(C)CC[C@H](OC(=O)CC(C)(C)C(=O)O)C(C)(C)[C@@H]5CC[C@@]4(C)[C@]3(C)CC[C@@]2([C@@H](O)c2nnc(-c3ccc(F)cn3)n2C)CC1=O. The van der Waals surface area contributed by atoms with Crippen LogP contribution in [0.4, 0.5) is 4.39 Å². The van der Waals surface area contributed by atoms with Crippen LogP contribution in [0.3, 0.4) is 0 Å². The molecule has 300 valence electrons. The van der Waals surface area contributed by atoms with Gasteiger partial charge in [-0.15, -0.1) is 10.2 Å². The van der Waals surface area contributed by atoms with E-state index in [4.69, 9.17) is 4.74 Å². The molecule has 2 heterocycles. The Morgan fingerprint density at radius 1 is 0.982 bits per heavy atom. The lowest BCUT2D eigenvalue weighted by molar-refractivity contribution is -0.235. The Kier molecular flexibility index (Phi) is 9.42. The van der Waals surface area contributed by atoms with Gasteiger partial charge in [0.05, 0.1) is 18.0 Å². The average Bonchev–Trinajstić information content (AvgIpc) is 3.63. The van der Waals surface area contributed by atoms with Crippen LogP contribution in [0, 0.1) is 62.0 Å². The maximum absolute atomic E-state index is 14.2. The first-order valence-electron chi connectivity index (χ1n) is 20.4. The molecule has 0 spiro atoms. The van der Waals surface area contributed by atoms with Crippen molar-refractivity contribution in [1.82, 2.24) is 19.7 Å². The summed E-state index contributed by atoms with van der Waals surface area (Å²) in [4.78, 5) is 43.3. The minimum Gasteiger partial charge on any atom is -0.481 e. The minimum atomic E-state index is -1.19. The number of carboxylic acids is 1. The van der Waals surface area contributed by atoms with Gasteiger partial charge in [0.15, 0.2) is 17.4 Å². The third-order valence-corrected chi connectivity index (χ3v) is 16.5. The summed E-state index contributed by atoms with van der Waals surface area (Å²) in [5, 5.41) is 31.1. The minimum absolute atomic E-state index is 0.00590. The number of hydrogen-bond donors (Lipinski definition) is 2. The molecule has 7 rings (SSSR count). The van der Waals surface area contributed by atoms with Crippen molar-refractivity contribution in [3.8, 4) is 11.5 Å². The Bertz CT molecular complexity index is 1930. The number of ketones is 1. The van der Waals surface area contributed by atoms with Crippen LogP contribution in [0.5, 0.6) is 0 Å². The lowest BCUT2D eigenvalue weighted by Gasteiger charge is -2.72. The van der Waals surface area contributed by atoms with Crippen LogP contribution in [0.25, 0.3) is 11.5 Å². The number of carbonyl (C=O) groups is 3. The van der Waals surface area contributed by atoms with E-state index in [1.165, 1.54) is 6.07 Å². The number of aliphatic carboxylic acids is 1. The van der Waals surface area contributed by atoms with Crippen LogP contribution in [-0.2, 0) is 26.2 Å². The topological polar surface area (TPSA) is 144 Å². The zero-order chi connectivity index (χ0) is 40.3. The molecule has 9 atom stereocenters. The van der Waals surface area contributed by atoms with Gasteiger partial charge in [-0.1, -0.05) is 48.5 Å². The van der Waals surface area contributed by atoms with Crippen molar-refractivity contribution in [3.63, 3.8) is 0 Å². The standard InChI is InChI=1S/C44H61FN4O6/c1-24(2)33-28(50)21-44(35(52)37-48-47-36(49(37)10)27-13-11-25(45)23-46-27)20-19-42(8)26(34(33)44)12-14-30-41(7)17-16-31(55-32(51)22-39(3,4)38(53)54)40(5,6)29(41)15-18-43(30,42)9/h11,13,23-24,26,29-31,35,52H,12,14-22H2,1-10H3,(H,53,54)/t26-,29+,30-,31+,35+,41+,42-,43-,44-/m1/s1. The summed E-state index contributed by atoms with van der Waals surface area (Å²) in [6, 6.07) is 2.88. The summed E-state index contributed by atoms with van der Waals surface area (Å²) in [6.07, 6.45) is 7.06. The van der Waals surface area contributed by atoms with E-state index in [0.29, 0.717) is 35.6 Å². The Morgan fingerprint density at radius 3 is 2.33 bits per heavy atom.